The first-order valence-corrected chi connectivity index (χ1v) is 12.8. The SMILES string of the molecule is COc1ccc2ncc(CF)c(C(F)CCC3(C(=O)NO)CCN(CCOc4cc(F)cc(F)c4F)CC3)c2c1. The summed E-state index contributed by atoms with van der Waals surface area (Å²) in [7, 11) is 1.47. The summed E-state index contributed by atoms with van der Waals surface area (Å²) >= 11 is 0. The van der Waals surface area contributed by atoms with Crippen LogP contribution in [0.2, 0.25) is 0 Å². The first-order chi connectivity index (χ1) is 19.2. The molecule has 2 N–H and O–H groups in total. The molecule has 2 heterocycles. The van der Waals surface area contributed by atoms with Crippen LogP contribution in [0.1, 0.15) is 43.0 Å². The van der Waals surface area contributed by atoms with Crippen LogP contribution in [0.5, 0.6) is 11.5 Å². The summed E-state index contributed by atoms with van der Waals surface area (Å²) in [4.78, 5) is 18.9. The van der Waals surface area contributed by atoms with Gasteiger partial charge in [0.2, 0.25) is 11.7 Å². The summed E-state index contributed by atoms with van der Waals surface area (Å²) in [5.74, 6) is -4.30. The maximum Gasteiger partial charge on any atom is 0.249 e. The molecule has 0 aliphatic carbocycles. The topological polar surface area (TPSA) is 83.9 Å². The van der Waals surface area contributed by atoms with Crippen LogP contribution >= 0.6 is 0 Å². The number of alkyl halides is 2. The van der Waals surface area contributed by atoms with Crippen LogP contribution in [0.4, 0.5) is 22.0 Å². The maximum absolute atomic E-state index is 15.8. The van der Waals surface area contributed by atoms with E-state index < -0.39 is 47.4 Å². The number of fused-ring (bicyclic) bond motifs is 1. The highest BCUT2D eigenvalue weighted by Gasteiger charge is 2.41. The Balaban J connectivity index is 1.42. The Labute approximate surface area is 227 Å². The fraction of sp³-hybridized carbons (Fsp3) is 0.429. The predicted molar refractivity (Wildman–Crippen MR) is 136 cm³/mol. The van der Waals surface area contributed by atoms with Crippen molar-refractivity contribution in [2.24, 2.45) is 5.41 Å². The third-order valence-electron chi connectivity index (χ3n) is 7.55. The first-order valence-electron chi connectivity index (χ1n) is 12.8. The standard InChI is InChI=1S/C28H30F5N3O4/c1-39-19-2-3-23-20(14-19)25(17(15-29)16-34-23)21(31)4-5-28(27(37)35-38)6-8-36(9-7-28)10-11-40-24-13-18(30)12-22(32)26(24)33/h2-3,12-14,16,21,38H,4-11,15H2,1H3,(H,35,37). The second kappa shape index (κ2) is 12.8. The van der Waals surface area contributed by atoms with E-state index in [1.807, 2.05) is 4.90 Å². The van der Waals surface area contributed by atoms with Gasteiger partial charge in [0.1, 0.15) is 31.0 Å². The Hall–Kier alpha value is -3.51. The third-order valence-corrected chi connectivity index (χ3v) is 7.55. The quantitative estimate of drug-likeness (QED) is 0.136. The molecule has 1 unspecified atom stereocenters. The molecule has 0 radical (unpaired) electrons. The summed E-state index contributed by atoms with van der Waals surface area (Å²) < 4.78 is 80.6. The average Bonchev–Trinajstić information content (AvgIpc) is 2.97. The Bertz CT molecular complexity index is 1350. The molecule has 2 aromatic carbocycles. The number of rotatable bonds is 11. The largest absolute Gasteiger partial charge is 0.497 e. The Morgan fingerprint density at radius 3 is 2.62 bits per heavy atom. The Morgan fingerprint density at radius 1 is 1.20 bits per heavy atom. The molecule has 0 bridgehead atoms. The fourth-order valence-electron chi connectivity index (χ4n) is 5.22. The van der Waals surface area contributed by atoms with Crippen molar-refractivity contribution in [3.63, 3.8) is 0 Å². The van der Waals surface area contributed by atoms with E-state index in [1.165, 1.54) is 13.3 Å². The number of methoxy groups -OCH3 is 1. The second-order valence-electron chi connectivity index (χ2n) is 9.83. The molecular formula is C28H30F5N3O4. The molecule has 12 heteroatoms. The van der Waals surface area contributed by atoms with E-state index in [1.54, 1.807) is 23.7 Å². The molecule has 1 aliphatic heterocycles. The van der Waals surface area contributed by atoms with E-state index >= 15 is 4.39 Å². The highest BCUT2D eigenvalue weighted by Crippen LogP contribution is 2.41. The molecule has 1 amide bonds. The summed E-state index contributed by atoms with van der Waals surface area (Å²) in [5.41, 5.74) is 1.37. The highest BCUT2D eigenvalue weighted by atomic mass is 19.2. The number of carbonyl (C=O) groups is 1. The number of nitrogens with zero attached hydrogens (tertiary/aromatic N) is 2. The zero-order chi connectivity index (χ0) is 28.9. The van der Waals surface area contributed by atoms with E-state index in [9.17, 15) is 27.6 Å². The highest BCUT2D eigenvalue weighted by molar-refractivity contribution is 5.85. The zero-order valence-corrected chi connectivity index (χ0v) is 21.9. The Kier molecular flexibility index (Phi) is 9.41. The number of nitrogens with one attached hydrogen (secondary N) is 1. The Morgan fingerprint density at radius 2 is 1.95 bits per heavy atom. The molecule has 0 saturated carbocycles. The summed E-state index contributed by atoms with van der Waals surface area (Å²) in [6.07, 6.45) is 0.214. The smallest absolute Gasteiger partial charge is 0.249 e. The van der Waals surface area contributed by atoms with Gasteiger partial charge < -0.3 is 9.47 Å². The molecule has 1 fully saturated rings. The number of carbonyl (C=O) groups excluding carboxylic acids is 1. The predicted octanol–water partition coefficient (Wildman–Crippen LogP) is 5.59. The third kappa shape index (κ3) is 6.28. The minimum Gasteiger partial charge on any atom is -0.497 e. The number of piperidine rings is 1. The number of likely N-dealkylation sites (tertiary alicyclic amines) is 1. The van der Waals surface area contributed by atoms with Gasteiger partial charge in [-0.3, -0.25) is 19.9 Å². The lowest BCUT2D eigenvalue weighted by Crippen LogP contribution is -2.49. The summed E-state index contributed by atoms with van der Waals surface area (Å²) in [5, 5.41) is 9.85. The van der Waals surface area contributed by atoms with Gasteiger partial charge in [-0.2, -0.15) is 4.39 Å². The van der Waals surface area contributed by atoms with Gasteiger partial charge in [0.15, 0.2) is 11.6 Å². The molecule has 3 aromatic rings. The maximum atomic E-state index is 15.8. The molecule has 1 saturated heterocycles. The zero-order valence-electron chi connectivity index (χ0n) is 21.9. The molecule has 1 atom stereocenters. The molecule has 4 rings (SSSR count). The van der Waals surface area contributed by atoms with Crippen LogP contribution in [0.15, 0.2) is 36.5 Å². The van der Waals surface area contributed by atoms with Gasteiger partial charge in [0.25, 0.3) is 0 Å². The van der Waals surface area contributed by atoms with E-state index in [-0.39, 0.29) is 50.0 Å². The lowest BCUT2D eigenvalue weighted by atomic mass is 9.73. The average molecular weight is 568 g/mol. The number of benzene rings is 2. The van der Waals surface area contributed by atoms with Gasteiger partial charge in [-0.25, -0.2) is 23.0 Å². The van der Waals surface area contributed by atoms with Crippen molar-refractivity contribution in [3.05, 3.63) is 65.1 Å². The number of pyridine rings is 1. The van der Waals surface area contributed by atoms with Crippen molar-refractivity contribution >= 4 is 16.8 Å². The van der Waals surface area contributed by atoms with Gasteiger partial charge in [-0.1, -0.05) is 0 Å². The van der Waals surface area contributed by atoms with Crippen molar-refractivity contribution < 1.29 is 41.4 Å². The van der Waals surface area contributed by atoms with Crippen LogP contribution in [0.25, 0.3) is 10.9 Å². The van der Waals surface area contributed by atoms with Gasteiger partial charge >= 0.3 is 0 Å². The molecular weight excluding hydrogens is 537 g/mol. The molecule has 1 aromatic heterocycles. The summed E-state index contributed by atoms with van der Waals surface area (Å²) in [6, 6.07) is 6.12. The monoisotopic (exact) mass is 567 g/mol. The number of aromatic nitrogens is 1. The molecule has 1 aliphatic rings. The van der Waals surface area contributed by atoms with Gasteiger partial charge in [-0.15, -0.1) is 0 Å². The van der Waals surface area contributed by atoms with Crippen molar-refractivity contribution in [2.75, 3.05) is 33.4 Å². The summed E-state index contributed by atoms with van der Waals surface area (Å²) in [6.45, 7) is 0.0556. The lowest BCUT2D eigenvalue weighted by molar-refractivity contribution is -0.143. The van der Waals surface area contributed by atoms with E-state index in [4.69, 9.17) is 9.47 Å². The van der Waals surface area contributed by atoms with E-state index in [2.05, 4.69) is 4.98 Å². The number of ether oxygens (including phenoxy) is 2. The molecule has 216 valence electrons. The number of hydroxylamine groups is 1. The van der Waals surface area contributed by atoms with Gasteiger partial charge in [-0.05, 0) is 57.0 Å². The molecule has 40 heavy (non-hydrogen) atoms. The second-order valence-corrected chi connectivity index (χ2v) is 9.83. The van der Waals surface area contributed by atoms with E-state index in [0.717, 1.165) is 6.07 Å². The van der Waals surface area contributed by atoms with Crippen molar-refractivity contribution in [1.29, 1.82) is 0 Å². The van der Waals surface area contributed by atoms with Gasteiger partial charge in [0, 0.05) is 41.4 Å². The van der Waals surface area contributed by atoms with Crippen molar-refractivity contribution in [2.45, 2.75) is 38.5 Å². The van der Waals surface area contributed by atoms with Crippen LogP contribution in [-0.4, -0.2) is 54.3 Å². The van der Waals surface area contributed by atoms with Crippen LogP contribution < -0.4 is 15.0 Å². The van der Waals surface area contributed by atoms with Crippen LogP contribution in [0.3, 0.4) is 0 Å². The van der Waals surface area contributed by atoms with Crippen molar-refractivity contribution in [3.8, 4) is 11.5 Å². The molecule has 0 spiro atoms. The van der Waals surface area contributed by atoms with Crippen LogP contribution in [-0.2, 0) is 11.5 Å². The number of amides is 1. The normalized spacial score (nSPS) is 16.1. The molecule has 7 nitrogen and oxygen atoms in total. The number of hydrogen-bond donors (Lipinski definition) is 2. The number of halogens is 5. The number of hydrogen-bond acceptors (Lipinski definition) is 6. The lowest BCUT2D eigenvalue weighted by Gasteiger charge is -2.40. The van der Waals surface area contributed by atoms with Crippen LogP contribution in [0, 0.1) is 22.9 Å². The van der Waals surface area contributed by atoms with Gasteiger partial charge in [0.05, 0.1) is 18.0 Å². The van der Waals surface area contributed by atoms with Crippen molar-refractivity contribution in [1.82, 2.24) is 15.4 Å². The fourth-order valence-corrected chi connectivity index (χ4v) is 5.22. The van der Waals surface area contributed by atoms with E-state index in [0.29, 0.717) is 35.8 Å². The minimum atomic E-state index is -1.61. The first kappa shape index (κ1) is 29.5. The minimum absolute atomic E-state index is 0.0594.